The number of aromatic nitrogens is 2. The largest absolute Gasteiger partial charge is 0.368 e. The first-order valence-corrected chi connectivity index (χ1v) is 5.14. The minimum Gasteiger partial charge on any atom is -0.368 e. The van der Waals surface area contributed by atoms with Crippen molar-refractivity contribution in [3.63, 3.8) is 0 Å². The number of rotatable bonds is 3. The zero-order chi connectivity index (χ0) is 11.6. The van der Waals surface area contributed by atoms with Crippen LogP contribution in [-0.4, -0.2) is 22.1 Å². The summed E-state index contributed by atoms with van der Waals surface area (Å²) in [5, 5.41) is 3.26. The van der Waals surface area contributed by atoms with E-state index in [1.807, 2.05) is 34.6 Å². The summed E-state index contributed by atoms with van der Waals surface area (Å²) < 4.78 is 0. The molecule has 0 aliphatic carbocycles. The van der Waals surface area contributed by atoms with Gasteiger partial charge >= 0.3 is 0 Å². The van der Waals surface area contributed by atoms with Gasteiger partial charge in [-0.3, -0.25) is 0 Å². The average molecular weight is 208 g/mol. The zero-order valence-electron chi connectivity index (χ0n) is 10.2. The lowest BCUT2D eigenvalue weighted by atomic mass is 10.1. The van der Waals surface area contributed by atoms with Crippen LogP contribution in [0.2, 0.25) is 0 Å². The summed E-state index contributed by atoms with van der Waals surface area (Å²) in [6.07, 6.45) is 0. The molecule has 4 heteroatoms. The third-order valence-electron chi connectivity index (χ3n) is 2.21. The van der Waals surface area contributed by atoms with Crippen molar-refractivity contribution in [1.82, 2.24) is 9.97 Å². The Balaban J connectivity index is 2.86. The predicted octanol–water partition coefficient (Wildman–Crippen LogP) is 1.55. The van der Waals surface area contributed by atoms with E-state index >= 15 is 0 Å². The van der Waals surface area contributed by atoms with Gasteiger partial charge in [-0.05, 0) is 34.6 Å². The monoisotopic (exact) mass is 208 g/mol. The number of hydrogen-bond donors (Lipinski definition) is 2. The molecule has 3 N–H and O–H groups in total. The second-order valence-corrected chi connectivity index (χ2v) is 4.67. The van der Waals surface area contributed by atoms with Crippen LogP contribution in [0.25, 0.3) is 0 Å². The van der Waals surface area contributed by atoms with Gasteiger partial charge in [-0.25, -0.2) is 9.97 Å². The first-order chi connectivity index (χ1) is 6.79. The maximum atomic E-state index is 5.90. The molecule has 0 amide bonds. The zero-order valence-corrected chi connectivity index (χ0v) is 10.2. The van der Waals surface area contributed by atoms with Gasteiger partial charge in [0, 0.05) is 23.3 Å². The summed E-state index contributed by atoms with van der Waals surface area (Å²) in [4.78, 5) is 8.65. The first kappa shape index (κ1) is 11.9. The maximum Gasteiger partial charge on any atom is 0.132 e. The highest BCUT2D eigenvalue weighted by atomic mass is 15.0. The van der Waals surface area contributed by atoms with Gasteiger partial charge in [-0.15, -0.1) is 0 Å². The molecular formula is C11H20N4. The predicted molar refractivity (Wildman–Crippen MR) is 63.0 cm³/mol. The quantitative estimate of drug-likeness (QED) is 0.791. The van der Waals surface area contributed by atoms with Gasteiger partial charge in [0.25, 0.3) is 0 Å². The van der Waals surface area contributed by atoms with Gasteiger partial charge in [0.05, 0.1) is 0 Å². The van der Waals surface area contributed by atoms with Crippen LogP contribution in [0.3, 0.4) is 0 Å². The molecule has 0 saturated heterocycles. The molecule has 84 valence electrons. The van der Waals surface area contributed by atoms with E-state index in [-0.39, 0.29) is 5.54 Å². The number of hydrogen-bond acceptors (Lipinski definition) is 4. The summed E-state index contributed by atoms with van der Waals surface area (Å²) in [6.45, 7) is 10.6. The van der Waals surface area contributed by atoms with Gasteiger partial charge in [0.1, 0.15) is 11.6 Å². The summed E-state index contributed by atoms with van der Waals surface area (Å²) in [7, 11) is 0. The number of nitrogens with one attached hydrogen (secondary N) is 1. The molecule has 0 spiro atoms. The number of aryl methyl sites for hydroxylation is 2. The fourth-order valence-electron chi connectivity index (χ4n) is 1.25. The average Bonchev–Trinajstić information content (AvgIpc) is 2.07. The van der Waals surface area contributed by atoms with Gasteiger partial charge in [-0.2, -0.15) is 0 Å². The molecule has 1 rings (SSSR count). The van der Waals surface area contributed by atoms with Gasteiger partial charge in [-0.1, -0.05) is 0 Å². The Hall–Kier alpha value is -1.16. The lowest BCUT2D eigenvalue weighted by molar-refractivity contribution is 0.548. The molecule has 1 aromatic rings. The van der Waals surface area contributed by atoms with Crippen LogP contribution in [0, 0.1) is 20.8 Å². The SMILES string of the molecule is Cc1nc(C)c(C)c(NCC(C)(C)N)n1. The number of anilines is 1. The third-order valence-corrected chi connectivity index (χ3v) is 2.21. The van der Waals surface area contributed by atoms with Crippen molar-refractivity contribution in [2.75, 3.05) is 11.9 Å². The number of nitrogens with two attached hydrogens (primary N) is 1. The Morgan fingerprint density at radius 2 is 1.80 bits per heavy atom. The minimum absolute atomic E-state index is 0.237. The molecule has 15 heavy (non-hydrogen) atoms. The Morgan fingerprint density at radius 1 is 1.20 bits per heavy atom. The van der Waals surface area contributed by atoms with Crippen molar-refractivity contribution in [2.24, 2.45) is 5.73 Å². The molecular weight excluding hydrogens is 188 g/mol. The van der Waals surface area contributed by atoms with E-state index in [0.717, 1.165) is 22.9 Å². The van der Waals surface area contributed by atoms with Gasteiger partial charge < -0.3 is 11.1 Å². The smallest absolute Gasteiger partial charge is 0.132 e. The van der Waals surface area contributed by atoms with E-state index in [1.165, 1.54) is 0 Å². The standard InChI is InChI=1S/C11H20N4/c1-7-8(2)14-9(3)15-10(7)13-6-11(4,5)12/h6,12H2,1-5H3,(H,13,14,15). The highest BCUT2D eigenvalue weighted by Gasteiger charge is 2.12. The summed E-state index contributed by atoms with van der Waals surface area (Å²) >= 11 is 0. The van der Waals surface area contributed by atoms with E-state index in [2.05, 4.69) is 15.3 Å². The molecule has 0 aliphatic heterocycles. The van der Waals surface area contributed by atoms with E-state index < -0.39 is 0 Å². The topological polar surface area (TPSA) is 63.8 Å². The van der Waals surface area contributed by atoms with Crippen LogP contribution in [0.4, 0.5) is 5.82 Å². The fraction of sp³-hybridized carbons (Fsp3) is 0.636. The van der Waals surface area contributed by atoms with Crippen molar-refractivity contribution in [3.8, 4) is 0 Å². The molecule has 0 bridgehead atoms. The van der Waals surface area contributed by atoms with E-state index in [9.17, 15) is 0 Å². The Labute approximate surface area is 91.3 Å². The van der Waals surface area contributed by atoms with Crippen molar-refractivity contribution >= 4 is 5.82 Å². The van der Waals surface area contributed by atoms with Crippen molar-refractivity contribution in [1.29, 1.82) is 0 Å². The Morgan fingerprint density at radius 3 is 2.33 bits per heavy atom. The second kappa shape index (κ2) is 4.14. The van der Waals surface area contributed by atoms with Crippen molar-refractivity contribution in [2.45, 2.75) is 40.2 Å². The lowest BCUT2D eigenvalue weighted by Gasteiger charge is -2.20. The van der Waals surface area contributed by atoms with Crippen molar-refractivity contribution in [3.05, 3.63) is 17.1 Å². The molecule has 0 radical (unpaired) electrons. The van der Waals surface area contributed by atoms with Gasteiger partial charge in [0.2, 0.25) is 0 Å². The molecule has 1 heterocycles. The van der Waals surface area contributed by atoms with Crippen LogP contribution in [0.1, 0.15) is 30.9 Å². The molecule has 1 aromatic heterocycles. The highest BCUT2D eigenvalue weighted by Crippen LogP contribution is 2.14. The molecule has 0 saturated carbocycles. The lowest BCUT2D eigenvalue weighted by Crippen LogP contribution is -2.40. The normalized spacial score (nSPS) is 11.6. The van der Waals surface area contributed by atoms with Crippen LogP contribution in [0.5, 0.6) is 0 Å². The summed E-state index contributed by atoms with van der Waals surface area (Å²) in [5.41, 5.74) is 7.77. The molecule has 0 aromatic carbocycles. The molecule has 0 atom stereocenters. The van der Waals surface area contributed by atoms with Crippen molar-refractivity contribution < 1.29 is 0 Å². The maximum absolute atomic E-state index is 5.90. The molecule has 0 aliphatic rings. The number of nitrogens with zero attached hydrogens (tertiary/aromatic N) is 2. The Bertz CT molecular complexity index is 352. The van der Waals surface area contributed by atoms with E-state index in [0.29, 0.717) is 6.54 Å². The van der Waals surface area contributed by atoms with E-state index in [1.54, 1.807) is 0 Å². The first-order valence-electron chi connectivity index (χ1n) is 5.14. The summed E-state index contributed by atoms with van der Waals surface area (Å²) in [6, 6.07) is 0. The minimum atomic E-state index is -0.237. The second-order valence-electron chi connectivity index (χ2n) is 4.67. The molecule has 4 nitrogen and oxygen atoms in total. The molecule has 0 fully saturated rings. The van der Waals surface area contributed by atoms with Gasteiger partial charge in [0.15, 0.2) is 0 Å². The summed E-state index contributed by atoms with van der Waals surface area (Å²) in [5.74, 6) is 1.67. The molecule has 0 unspecified atom stereocenters. The van der Waals surface area contributed by atoms with E-state index in [4.69, 9.17) is 5.73 Å². The van der Waals surface area contributed by atoms with Crippen LogP contribution >= 0.6 is 0 Å². The highest BCUT2D eigenvalue weighted by molar-refractivity contribution is 5.45. The third kappa shape index (κ3) is 3.47. The fourth-order valence-corrected chi connectivity index (χ4v) is 1.25. The van der Waals surface area contributed by atoms with Crippen LogP contribution < -0.4 is 11.1 Å². The Kier molecular flexibility index (Phi) is 3.29. The van der Waals surface area contributed by atoms with Crippen LogP contribution in [0.15, 0.2) is 0 Å². The van der Waals surface area contributed by atoms with Crippen LogP contribution in [-0.2, 0) is 0 Å².